The van der Waals surface area contributed by atoms with Crippen LogP contribution in [-0.2, 0) is 6.42 Å². The molecular formula is C29H34N2O3. The highest BCUT2D eigenvalue weighted by atomic mass is 16.5. The number of aryl methyl sites for hydroxylation is 1. The Morgan fingerprint density at radius 2 is 1.59 bits per heavy atom. The lowest BCUT2D eigenvalue weighted by Crippen LogP contribution is -2.08. The molecule has 0 fully saturated rings. The summed E-state index contributed by atoms with van der Waals surface area (Å²) in [7, 11) is 0. The van der Waals surface area contributed by atoms with Crippen molar-refractivity contribution >= 4 is 5.97 Å². The Bertz CT molecular complexity index is 1010. The van der Waals surface area contributed by atoms with E-state index in [9.17, 15) is 4.79 Å². The fraction of sp³-hybridized carbons (Fsp3) is 0.345. The summed E-state index contributed by atoms with van der Waals surface area (Å²) in [4.78, 5) is 21.5. The molecule has 3 aromatic rings. The first-order chi connectivity index (χ1) is 16.7. The number of esters is 1. The van der Waals surface area contributed by atoms with Gasteiger partial charge in [-0.05, 0) is 86.2 Å². The molecule has 0 aliphatic heterocycles. The van der Waals surface area contributed by atoms with Gasteiger partial charge in [0.25, 0.3) is 0 Å². The minimum Gasteiger partial charge on any atom is -0.494 e. The zero-order valence-corrected chi connectivity index (χ0v) is 20.0. The van der Waals surface area contributed by atoms with Crippen LogP contribution >= 0.6 is 0 Å². The molecule has 0 saturated heterocycles. The van der Waals surface area contributed by atoms with E-state index in [1.54, 1.807) is 36.4 Å². The molecule has 0 aliphatic carbocycles. The van der Waals surface area contributed by atoms with Crippen molar-refractivity contribution in [2.45, 2.75) is 58.3 Å². The number of benzene rings is 2. The molecule has 1 heterocycles. The van der Waals surface area contributed by atoms with E-state index in [0.717, 1.165) is 42.6 Å². The van der Waals surface area contributed by atoms with Crippen molar-refractivity contribution in [1.82, 2.24) is 9.97 Å². The van der Waals surface area contributed by atoms with Crippen molar-refractivity contribution in [2.24, 2.45) is 0 Å². The van der Waals surface area contributed by atoms with Gasteiger partial charge < -0.3 is 9.47 Å². The molecular weight excluding hydrogens is 424 g/mol. The van der Waals surface area contributed by atoms with Gasteiger partial charge in [-0.3, -0.25) is 0 Å². The zero-order valence-electron chi connectivity index (χ0n) is 20.0. The Morgan fingerprint density at radius 3 is 2.26 bits per heavy atom. The molecule has 0 aliphatic rings. The Morgan fingerprint density at radius 1 is 0.882 bits per heavy atom. The van der Waals surface area contributed by atoms with Crippen LogP contribution in [0.1, 0.15) is 67.8 Å². The summed E-state index contributed by atoms with van der Waals surface area (Å²) < 4.78 is 11.2. The monoisotopic (exact) mass is 458 g/mol. The Balaban J connectivity index is 1.49. The molecule has 1 aromatic heterocycles. The van der Waals surface area contributed by atoms with Crippen molar-refractivity contribution in [3.8, 4) is 22.9 Å². The molecule has 34 heavy (non-hydrogen) atoms. The maximum absolute atomic E-state index is 12.5. The van der Waals surface area contributed by atoms with Crippen molar-refractivity contribution in [1.29, 1.82) is 0 Å². The predicted molar refractivity (Wildman–Crippen MR) is 136 cm³/mol. The van der Waals surface area contributed by atoms with E-state index < -0.39 is 5.97 Å². The van der Waals surface area contributed by atoms with Crippen molar-refractivity contribution in [2.75, 3.05) is 6.61 Å². The lowest BCUT2D eigenvalue weighted by molar-refractivity contribution is 0.0734. The van der Waals surface area contributed by atoms with Gasteiger partial charge in [-0.2, -0.15) is 0 Å². The van der Waals surface area contributed by atoms with Crippen LogP contribution in [0, 0.1) is 0 Å². The normalized spacial score (nSPS) is 10.6. The van der Waals surface area contributed by atoms with E-state index in [1.807, 2.05) is 30.6 Å². The van der Waals surface area contributed by atoms with Crippen molar-refractivity contribution in [3.63, 3.8) is 0 Å². The summed E-state index contributed by atoms with van der Waals surface area (Å²) in [6.07, 6.45) is 14.7. The average molecular weight is 459 g/mol. The molecule has 0 saturated carbocycles. The summed E-state index contributed by atoms with van der Waals surface area (Å²) in [5.41, 5.74) is 2.52. The van der Waals surface area contributed by atoms with E-state index in [2.05, 4.69) is 23.5 Å². The van der Waals surface area contributed by atoms with E-state index in [1.165, 1.54) is 25.7 Å². The van der Waals surface area contributed by atoms with E-state index in [0.29, 0.717) is 23.7 Å². The highest BCUT2D eigenvalue weighted by molar-refractivity contribution is 5.91. The van der Waals surface area contributed by atoms with E-state index >= 15 is 0 Å². The van der Waals surface area contributed by atoms with Crippen LogP contribution in [-0.4, -0.2) is 22.5 Å². The number of allylic oxidation sites excluding steroid dienone is 1. The van der Waals surface area contributed by atoms with Crippen LogP contribution in [0.5, 0.6) is 11.5 Å². The largest absolute Gasteiger partial charge is 0.494 e. The molecule has 5 nitrogen and oxygen atoms in total. The molecule has 2 aromatic carbocycles. The lowest BCUT2D eigenvalue weighted by Gasteiger charge is -2.08. The van der Waals surface area contributed by atoms with Crippen molar-refractivity contribution in [3.05, 3.63) is 84.7 Å². The summed E-state index contributed by atoms with van der Waals surface area (Å²) in [5, 5.41) is 0. The second-order valence-electron chi connectivity index (χ2n) is 8.30. The molecule has 178 valence electrons. The topological polar surface area (TPSA) is 61.3 Å². The number of carbonyl (C=O) groups is 1. The fourth-order valence-corrected chi connectivity index (χ4v) is 3.49. The molecule has 0 unspecified atom stereocenters. The van der Waals surface area contributed by atoms with Gasteiger partial charge >= 0.3 is 5.97 Å². The quantitative estimate of drug-likeness (QED) is 0.110. The smallest absolute Gasteiger partial charge is 0.343 e. The van der Waals surface area contributed by atoms with Gasteiger partial charge in [0.05, 0.1) is 12.2 Å². The first-order valence-electron chi connectivity index (χ1n) is 12.2. The SMILES string of the molecule is C=CCCCCOc1ccc(C(=O)Oc2ccc(-c3ncc(CCCCCC)cn3)cc2)cc1. The number of hydrogen-bond acceptors (Lipinski definition) is 5. The van der Waals surface area contributed by atoms with Crippen molar-refractivity contribution < 1.29 is 14.3 Å². The van der Waals surface area contributed by atoms with Crippen LogP contribution in [0.25, 0.3) is 11.4 Å². The van der Waals surface area contributed by atoms with Gasteiger partial charge in [0.2, 0.25) is 0 Å². The van der Waals surface area contributed by atoms with Crippen LogP contribution in [0.2, 0.25) is 0 Å². The molecule has 3 rings (SSSR count). The van der Waals surface area contributed by atoms with Crippen LogP contribution < -0.4 is 9.47 Å². The number of ether oxygens (including phenoxy) is 2. The van der Waals surface area contributed by atoms with Crippen LogP contribution in [0.4, 0.5) is 0 Å². The molecule has 0 amide bonds. The standard InChI is InChI=1S/C29H34N2O3/c1-3-5-7-9-11-23-21-30-28(31-22-23)24-12-18-27(19-13-24)34-29(32)25-14-16-26(17-15-25)33-20-10-8-6-4-2/h4,12-19,21-22H,2-3,5-11,20H2,1H3. The Hall–Kier alpha value is -3.47. The van der Waals surface area contributed by atoms with E-state index in [4.69, 9.17) is 9.47 Å². The molecule has 5 heteroatoms. The van der Waals surface area contributed by atoms with Gasteiger partial charge in [0, 0.05) is 18.0 Å². The summed E-state index contributed by atoms with van der Waals surface area (Å²) in [6, 6.07) is 14.3. The Labute approximate surface area is 202 Å². The average Bonchev–Trinajstić information content (AvgIpc) is 2.88. The van der Waals surface area contributed by atoms with E-state index in [-0.39, 0.29) is 0 Å². The lowest BCUT2D eigenvalue weighted by atomic mass is 10.1. The number of aromatic nitrogens is 2. The first-order valence-corrected chi connectivity index (χ1v) is 12.2. The molecule has 0 atom stereocenters. The van der Waals surface area contributed by atoms with Crippen LogP contribution in [0.15, 0.2) is 73.6 Å². The maximum Gasteiger partial charge on any atom is 0.343 e. The second kappa shape index (κ2) is 13.9. The third-order valence-corrected chi connectivity index (χ3v) is 5.51. The van der Waals surface area contributed by atoms with Gasteiger partial charge in [0.1, 0.15) is 11.5 Å². The third kappa shape index (κ3) is 8.14. The zero-order chi connectivity index (χ0) is 24.0. The summed E-state index contributed by atoms with van der Waals surface area (Å²) in [5.74, 6) is 1.47. The highest BCUT2D eigenvalue weighted by Crippen LogP contribution is 2.21. The number of carbonyl (C=O) groups excluding carboxylic acids is 1. The maximum atomic E-state index is 12.5. The van der Waals surface area contributed by atoms with Gasteiger partial charge in [-0.1, -0.05) is 32.3 Å². The fourth-order valence-electron chi connectivity index (χ4n) is 3.49. The molecule has 0 radical (unpaired) electrons. The Kier molecular flexibility index (Phi) is 10.3. The summed E-state index contributed by atoms with van der Waals surface area (Å²) >= 11 is 0. The first kappa shape index (κ1) is 25.2. The summed E-state index contributed by atoms with van der Waals surface area (Å²) in [6.45, 7) is 6.58. The molecule has 0 spiro atoms. The number of unbranched alkanes of at least 4 members (excludes halogenated alkanes) is 5. The number of rotatable bonds is 14. The molecule has 0 bridgehead atoms. The van der Waals surface area contributed by atoms with Crippen LogP contribution in [0.3, 0.4) is 0 Å². The highest BCUT2D eigenvalue weighted by Gasteiger charge is 2.10. The third-order valence-electron chi connectivity index (χ3n) is 5.51. The predicted octanol–water partition coefficient (Wildman–Crippen LogP) is 7.22. The second-order valence-corrected chi connectivity index (χ2v) is 8.30. The minimum absolute atomic E-state index is 0.408. The van der Waals surface area contributed by atoms with Gasteiger partial charge in [-0.15, -0.1) is 6.58 Å². The minimum atomic E-state index is -0.408. The molecule has 0 N–H and O–H groups in total. The number of hydrogen-bond donors (Lipinski definition) is 0. The van der Waals surface area contributed by atoms with Gasteiger partial charge in [0.15, 0.2) is 5.82 Å². The number of nitrogens with zero attached hydrogens (tertiary/aromatic N) is 2. The van der Waals surface area contributed by atoms with Gasteiger partial charge in [-0.25, -0.2) is 14.8 Å².